The molecule has 0 unspecified atom stereocenters. The molecule has 5 heteroatoms. The van der Waals surface area contributed by atoms with Gasteiger partial charge in [0.2, 0.25) is 11.8 Å². The number of fused-ring (bicyclic) bond motifs is 1. The molecule has 5 nitrogen and oxygen atoms in total. The highest BCUT2D eigenvalue weighted by molar-refractivity contribution is 6.01. The zero-order chi connectivity index (χ0) is 25.0. The van der Waals surface area contributed by atoms with Crippen molar-refractivity contribution in [3.63, 3.8) is 0 Å². The summed E-state index contributed by atoms with van der Waals surface area (Å²) in [6.07, 6.45) is 14.8. The van der Waals surface area contributed by atoms with E-state index in [0.717, 1.165) is 96.1 Å². The van der Waals surface area contributed by atoms with Crippen LogP contribution >= 0.6 is 0 Å². The molecule has 1 heterocycles. The summed E-state index contributed by atoms with van der Waals surface area (Å²) < 4.78 is 0. The van der Waals surface area contributed by atoms with Gasteiger partial charge in [0.25, 0.3) is 0 Å². The second-order valence-corrected chi connectivity index (χ2v) is 12.5. The topological polar surface area (TPSA) is 74.0 Å². The van der Waals surface area contributed by atoms with Crippen molar-refractivity contribution in [2.75, 3.05) is 10.6 Å². The smallest absolute Gasteiger partial charge is 0.230 e. The summed E-state index contributed by atoms with van der Waals surface area (Å²) in [7, 11) is 0. The van der Waals surface area contributed by atoms with Gasteiger partial charge in [-0.2, -0.15) is 0 Å². The van der Waals surface area contributed by atoms with E-state index < -0.39 is 0 Å². The molecule has 4 bridgehead atoms. The monoisotopic (exact) mass is 495 g/mol. The molecule has 192 valence electrons. The zero-order valence-corrected chi connectivity index (χ0v) is 21.5. The highest BCUT2D eigenvalue weighted by Crippen LogP contribution is 2.60. The highest BCUT2D eigenvalue weighted by atomic mass is 16.2. The van der Waals surface area contributed by atoms with Crippen LogP contribution in [-0.2, 0) is 9.59 Å². The largest absolute Gasteiger partial charge is 0.361 e. The lowest BCUT2D eigenvalue weighted by Gasteiger charge is -2.55. The van der Waals surface area contributed by atoms with Gasteiger partial charge in [-0.05, 0) is 105 Å². The number of amides is 2. The molecule has 2 aromatic carbocycles. The third-order valence-electron chi connectivity index (χ3n) is 9.90. The minimum atomic E-state index is -0.136. The number of anilines is 2. The number of carbonyl (C=O) groups excluding carboxylic acids is 2. The van der Waals surface area contributed by atoms with Gasteiger partial charge in [-0.1, -0.05) is 31.4 Å². The number of aromatic amines is 1. The summed E-state index contributed by atoms with van der Waals surface area (Å²) in [5.74, 6) is 2.81. The number of aromatic nitrogens is 1. The van der Waals surface area contributed by atoms with Crippen molar-refractivity contribution < 1.29 is 9.59 Å². The lowest BCUT2D eigenvalue weighted by Crippen LogP contribution is -2.51. The maximum Gasteiger partial charge on any atom is 0.230 e. The van der Waals surface area contributed by atoms with E-state index in [4.69, 9.17) is 0 Å². The lowest BCUT2D eigenvalue weighted by atomic mass is 9.49. The third kappa shape index (κ3) is 4.26. The molecule has 3 aromatic rings. The van der Waals surface area contributed by atoms with Gasteiger partial charge in [-0.15, -0.1) is 0 Å². The van der Waals surface area contributed by atoms with Gasteiger partial charge in [0.1, 0.15) is 0 Å². The Bertz CT molecular complexity index is 1300. The quantitative estimate of drug-likeness (QED) is 0.343. The summed E-state index contributed by atoms with van der Waals surface area (Å²) in [6, 6.07) is 14.3. The number of rotatable bonds is 5. The molecule has 0 radical (unpaired) electrons. The van der Waals surface area contributed by atoms with Gasteiger partial charge in [0.05, 0.1) is 5.41 Å². The van der Waals surface area contributed by atoms with Crippen LogP contribution in [0.15, 0.2) is 48.7 Å². The first-order valence-electron chi connectivity index (χ1n) is 14.4. The van der Waals surface area contributed by atoms with Gasteiger partial charge in [0, 0.05) is 40.0 Å². The van der Waals surface area contributed by atoms with E-state index >= 15 is 0 Å². The Kier molecular flexibility index (Phi) is 5.63. The molecule has 5 aliphatic rings. The zero-order valence-electron chi connectivity index (χ0n) is 21.5. The molecule has 5 fully saturated rings. The lowest BCUT2D eigenvalue weighted by molar-refractivity contribution is -0.140. The van der Waals surface area contributed by atoms with Crippen LogP contribution in [-0.4, -0.2) is 16.8 Å². The molecule has 8 rings (SSSR count). The molecule has 5 saturated carbocycles. The van der Waals surface area contributed by atoms with Crippen molar-refractivity contribution in [3.8, 4) is 11.1 Å². The van der Waals surface area contributed by atoms with E-state index in [1.165, 1.54) is 25.7 Å². The minimum Gasteiger partial charge on any atom is -0.361 e. The van der Waals surface area contributed by atoms with Crippen molar-refractivity contribution >= 4 is 34.1 Å². The molecule has 1 aromatic heterocycles. The van der Waals surface area contributed by atoms with Crippen LogP contribution in [0.4, 0.5) is 11.4 Å². The van der Waals surface area contributed by atoms with Gasteiger partial charge in [0.15, 0.2) is 0 Å². The van der Waals surface area contributed by atoms with Crippen LogP contribution < -0.4 is 10.6 Å². The summed E-state index contributed by atoms with van der Waals surface area (Å²) in [6.45, 7) is 0. The maximum absolute atomic E-state index is 13.4. The predicted octanol–water partition coefficient (Wildman–Crippen LogP) is 7.51. The Morgan fingerprint density at radius 1 is 0.784 bits per heavy atom. The second-order valence-electron chi connectivity index (χ2n) is 12.5. The first kappa shape index (κ1) is 23.1. The van der Waals surface area contributed by atoms with Gasteiger partial charge in [-0.3, -0.25) is 9.59 Å². The first-order chi connectivity index (χ1) is 18.0. The van der Waals surface area contributed by atoms with Crippen LogP contribution in [0.25, 0.3) is 22.0 Å². The average molecular weight is 496 g/mol. The first-order valence-corrected chi connectivity index (χ1v) is 14.4. The van der Waals surface area contributed by atoms with Gasteiger partial charge < -0.3 is 15.6 Å². The van der Waals surface area contributed by atoms with Crippen LogP contribution in [0.1, 0.15) is 70.6 Å². The molecule has 0 aliphatic heterocycles. The fraction of sp³-hybridized carbons (Fsp3) is 0.500. The number of benzene rings is 2. The van der Waals surface area contributed by atoms with Crippen molar-refractivity contribution in [1.29, 1.82) is 0 Å². The number of nitrogens with one attached hydrogen (secondary N) is 3. The summed E-state index contributed by atoms with van der Waals surface area (Å²) in [5.41, 5.74) is 4.83. The van der Waals surface area contributed by atoms with Crippen LogP contribution in [0.2, 0.25) is 0 Å². The Labute approximate surface area is 218 Å². The number of hydrogen-bond acceptors (Lipinski definition) is 2. The van der Waals surface area contributed by atoms with E-state index in [1.54, 1.807) is 0 Å². The number of carbonyl (C=O) groups is 2. The van der Waals surface area contributed by atoms with E-state index in [2.05, 4.69) is 33.8 Å². The fourth-order valence-corrected chi connectivity index (χ4v) is 8.43. The van der Waals surface area contributed by atoms with E-state index in [1.807, 2.05) is 30.5 Å². The molecular formula is C32H37N3O2. The summed E-state index contributed by atoms with van der Waals surface area (Å²) >= 11 is 0. The SMILES string of the molecule is O=C(Nc1ccc2[nH]cc(-c3ccc(NC(=O)C45CC6CC(CC(C6)C4)C5)cc3)c2c1)C1CCCCC1. The Morgan fingerprint density at radius 3 is 2.11 bits per heavy atom. The Hall–Kier alpha value is -3.08. The molecule has 37 heavy (non-hydrogen) atoms. The molecule has 0 saturated heterocycles. The highest BCUT2D eigenvalue weighted by Gasteiger charge is 2.54. The predicted molar refractivity (Wildman–Crippen MR) is 148 cm³/mol. The van der Waals surface area contributed by atoms with E-state index in [9.17, 15) is 9.59 Å². The molecule has 0 spiro atoms. The number of H-pyrrole nitrogens is 1. The molecular weight excluding hydrogens is 458 g/mol. The van der Waals surface area contributed by atoms with Crippen LogP contribution in [0.5, 0.6) is 0 Å². The normalized spacial score (nSPS) is 28.9. The van der Waals surface area contributed by atoms with Crippen molar-refractivity contribution in [3.05, 3.63) is 48.7 Å². The molecule has 3 N–H and O–H groups in total. The standard InChI is InChI=1S/C32H37N3O2/c36-30(24-4-2-1-3-5-24)34-26-10-11-29-27(15-26)28(19-33-29)23-6-8-25(9-7-23)35-31(37)32-16-20-12-21(17-32)14-22(13-20)18-32/h6-11,15,19-22,24,33H,1-5,12-14,16-18H2,(H,34,36)(H,35,37). The average Bonchev–Trinajstić information content (AvgIpc) is 3.32. The summed E-state index contributed by atoms with van der Waals surface area (Å²) in [4.78, 5) is 29.6. The third-order valence-corrected chi connectivity index (χ3v) is 9.90. The molecule has 2 amide bonds. The minimum absolute atomic E-state index is 0.135. The van der Waals surface area contributed by atoms with E-state index in [-0.39, 0.29) is 23.1 Å². The van der Waals surface area contributed by atoms with Crippen LogP contribution in [0, 0.1) is 29.1 Å². The van der Waals surface area contributed by atoms with Gasteiger partial charge >= 0.3 is 0 Å². The van der Waals surface area contributed by atoms with Crippen molar-refractivity contribution in [2.24, 2.45) is 29.1 Å². The maximum atomic E-state index is 13.4. The van der Waals surface area contributed by atoms with E-state index in [0.29, 0.717) is 0 Å². The Morgan fingerprint density at radius 2 is 1.43 bits per heavy atom. The van der Waals surface area contributed by atoms with Crippen LogP contribution in [0.3, 0.4) is 0 Å². The fourth-order valence-electron chi connectivity index (χ4n) is 8.43. The van der Waals surface area contributed by atoms with Crippen molar-refractivity contribution in [1.82, 2.24) is 4.98 Å². The second kappa shape index (κ2) is 9.04. The Balaban J connectivity index is 1.07. The molecule has 5 aliphatic carbocycles. The summed E-state index contributed by atoms with van der Waals surface area (Å²) in [5, 5.41) is 7.52. The van der Waals surface area contributed by atoms with Gasteiger partial charge in [-0.25, -0.2) is 0 Å². The molecule has 0 atom stereocenters. The van der Waals surface area contributed by atoms with Crippen molar-refractivity contribution in [2.45, 2.75) is 70.6 Å². The number of hydrogen-bond donors (Lipinski definition) is 3.